The molecule has 0 radical (unpaired) electrons. The summed E-state index contributed by atoms with van der Waals surface area (Å²) in [5, 5.41) is 5.86. The van der Waals surface area contributed by atoms with Gasteiger partial charge in [0.2, 0.25) is 0 Å². The third-order valence-corrected chi connectivity index (χ3v) is 5.96. The summed E-state index contributed by atoms with van der Waals surface area (Å²) in [6, 6.07) is 26.9. The van der Waals surface area contributed by atoms with E-state index in [1.165, 1.54) is 0 Å². The van der Waals surface area contributed by atoms with Crippen molar-refractivity contribution in [3.05, 3.63) is 128 Å². The minimum atomic E-state index is -0.349. The van der Waals surface area contributed by atoms with Crippen LogP contribution in [0, 0.1) is 0 Å². The highest BCUT2D eigenvalue weighted by molar-refractivity contribution is 6.35. The number of ether oxygens (including phenoxy) is 2. The van der Waals surface area contributed by atoms with Gasteiger partial charge in [0.05, 0.1) is 6.21 Å². The van der Waals surface area contributed by atoms with E-state index in [1.807, 2.05) is 54.6 Å². The molecule has 0 atom stereocenters. The van der Waals surface area contributed by atoms with Crippen LogP contribution in [0.1, 0.15) is 27.0 Å². The second kappa shape index (κ2) is 12.5. The fraction of sp³-hybridized carbons (Fsp3) is 0.0714. The highest BCUT2D eigenvalue weighted by Gasteiger charge is 2.07. The SMILES string of the molecule is O=C(N/N=C/c1ccccc1OCc1ccc(Cl)cc1)c1ccc(OCc2ccc(Cl)cc2Cl)cc1. The van der Waals surface area contributed by atoms with Crippen molar-refractivity contribution >= 4 is 46.9 Å². The highest BCUT2D eigenvalue weighted by atomic mass is 35.5. The van der Waals surface area contributed by atoms with E-state index in [0.29, 0.717) is 38.7 Å². The molecule has 4 aromatic rings. The van der Waals surface area contributed by atoms with Crippen molar-refractivity contribution in [3.8, 4) is 11.5 Å². The second-order valence-electron chi connectivity index (χ2n) is 7.70. The lowest BCUT2D eigenvalue weighted by molar-refractivity contribution is 0.0955. The van der Waals surface area contributed by atoms with E-state index in [-0.39, 0.29) is 12.5 Å². The van der Waals surface area contributed by atoms with E-state index >= 15 is 0 Å². The summed E-state index contributed by atoms with van der Waals surface area (Å²) in [6.45, 7) is 0.665. The van der Waals surface area contributed by atoms with Gasteiger partial charge in [-0.3, -0.25) is 4.79 Å². The van der Waals surface area contributed by atoms with E-state index in [2.05, 4.69) is 10.5 Å². The molecular weight excluding hydrogens is 519 g/mol. The van der Waals surface area contributed by atoms with Gasteiger partial charge in [-0.05, 0) is 66.2 Å². The van der Waals surface area contributed by atoms with Crippen LogP contribution in [-0.4, -0.2) is 12.1 Å². The molecule has 0 aliphatic heterocycles. The summed E-state index contributed by atoms with van der Waals surface area (Å²) in [5.41, 5.74) is 5.51. The van der Waals surface area contributed by atoms with Gasteiger partial charge < -0.3 is 9.47 Å². The van der Waals surface area contributed by atoms with E-state index < -0.39 is 0 Å². The first-order valence-electron chi connectivity index (χ1n) is 10.9. The molecule has 0 bridgehead atoms. The number of hydrazone groups is 1. The van der Waals surface area contributed by atoms with Crippen LogP contribution in [0.25, 0.3) is 0 Å². The Morgan fingerprint density at radius 2 is 1.53 bits per heavy atom. The molecule has 0 aliphatic carbocycles. The van der Waals surface area contributed by atoms with Crippen LogP contribution in [0.4, 0.5) is 0 Å². The van der Waals surface area contributed by atoms with Crippen LogP contribution >= 0.6 is 34.8 Å². The predicted molar refractivity (Wildman–Crippen MR) is 145 cm³/mol. The van der Waals surface area contributed by atoms with Crippen molar-refractivity contribution in [2.45, 2.75) is 13.2 Å². The molecule has 8 heteroatoms. The standard InChI is InChI=1S/C28H21Cl3N2O3/c29-23-10-5-19(6-11-23)17-36-27-4-2-1-3-21(27)16-32-33-28(34)20-8-13-25(14-9-20)35-18-22-7-12-24(30)15-26(22)31/h1-16H,17-18H2,(H,33,34)/b32-16+. The van der Waals surface area contributed by atoms with Crippen LogP contribution in [0.5, 0.6) is 11.5 Å². The highest BCUT2D eigenvalue weighted by Crippen LogP contribution is 2.23. The number of hydrogen-bond donors (Lipinski definition) is 1. The maximum Gasteiger partial charge on any atom is 0.271 e. The molecular formula is C28H21Cl3N2O3. The van der Waals surface area contributed by atoms with E-state index in [0.717, 1.165) is 16.7 Å². The van der Waals surface area contributed by atoms with Crippen molar-refractivity contribution < 1.29 is 14.3 Å². The first-order valence-corrected chi connectivity index (χ1v) is 12.1. The third-order valence-electron chi connectivity index (χ3n) is 5.12. The summed E-state index contributed by atoms with van der Waals surface area (Å²) in [6.07, 6.45) is 1.54. The summed E-state index contributed by atoms with van der Waals surface area (Å²) >= 11 is 18.0. The molecule has 5 nitrogen and oxygen atoms in total. The lowest BCUT2D eigenvalue weighted by Gasteiger charge is -2.09. The number of nitrogens with zero attached hydrogens (tertiary/aromatic N) is 1. The van der Waals surface area contributed by atoms with Gasteiger partial charge in [-0.15, -0.1) is 0 Å². The zero-order chi connectivity index (χ0) is 25.3. The molecule has 4 aromatic carbocycles. The normalized spacial score (nSPS) is 10.9. The number of nitrogens with one attached hydrogen (secondary N) is 1. The zero-order valence-electron chi connectivity index (χ0n) is 19.0. The van der Waals surface area contributed by atoms with Crippen molar-refractivity contribution in [1.29, 1.82) is 0 Å². The largest absolute Gasteiger partial charge is 0.489 e. The lowest BCUT2D eigenvalue weighted by Crippen LogP contribution is -2.17. The molecule has 0 unspecified atom stereocenters. The Morgan fingerprint density at radius 1 is 0.806 bits per heavy atom. The number of para-hydroxylation sites is 1. The predicted octanol–water partition coefficient (Wildman–Crippen LogP) is 7.57. The van der Waals surface area contributed by atoms with E-state index in [1.54, 1.807) is 42.6 Å². The summed E-state index contributed by atoms with van der Waals surface area (Å²) in [5.74, 6) is 0.902. The molecule has 0 aliphatic rings. The Hall–Kier alpha value is -3.51. The maximum absolute atomic E-state index is 12.5. The number of carbonyl (C=O) groups is 1. The fourth-order valence-corrected chi connectivity index (χ4v) is 3.78. The third kappa shape index (κ3) is 7.25. The zero-order valence-corrected chi connectivity index (χ0v) is 21.2. The number of halogens is 3. The second-order valence-corrected chi connectivity index (χ2v) is 8.98. The Bertz CT molecular complexity index is 1360. The monoisotopic (exact) mass is 538 g/mol. The van der Waals surface area contributed by atoms with Crippen LogP contribution in [0.3, 0.4) is 0 Å². The smallest absolute Gasteiger partial charge is 0.271 e. The minimum Gasteiger partial charge on any atom is -0.489 e. The molecule has 4 rings (SSSR count). The van der Waals surface area contributed by atoms with Crippen LogP contribution in [0.15, 0.2) is 96.1 Å². The minimum absolute atomic E-state index is 0.283. The number of hydrogen-bond acceptors (Lipinski definition) is 4. The molecule has 0 saturated carbocycles. The molecule has 0 spiro atoms. The van der Waals surface area contributed by atoms with Crippen molar-refractivity contribution in [2.24, 2.45) is 5.10 Å². The Kier molecular flexibility index (Phi) is 8.85. The molecule has 0 saturated heterocycles. The summed E-state index contributed by atoms with van der Waals surface area (Å²) in [4.78, 5) is 12.5. The maximum atomic E-state index is 12.5. The number of amides is 1. The molecule has 0 aromatic heterocycles. The molecule has 1 amide bonds. The molecule has 182 valence electrons. The van der Waals surface area contributed by atoms with Gasteiger partial charge in [0, 0.05) is 31.8 Å². The van der Waals surface area contributed by atoms with Crippen LogP contribution in [-0.2, 0) is 13.2 Å². The van der Waals surface area contributed by atoms with E-state index in [4.69, 9.17) is 44.3 Å². The van der Waals surface area contributed by atoms with Gasteiger partial charge in [-0.25, -0.2) is 5.43 Å². The van der Waals surface area contributed by atoms with Crippen LogP contribution < -0.4 is 14.9 Å². The van der Waals surface area contributed by atoms with Gasteiger partial charge in [0.25, 0.3) is 5.91 Å². The van der Waals surface area contributed by atoms with Gasteiger partial charge in [0.1, 0.15) is 24.7 Å². The average molecular weight is 540 g/mol. The average Bonchev–Trinajstić information content (AvgIpc) is 2.89. The quantitative estimate of drug-likeness (QED) is 0.176. The summed E-state index contributed by atoms with van der Waals surface area (Å²) < 4.78 is 11.7. The van der Waals surface area contributed by atoms with Gasteiger partial charge in [-0.1, -0.05) is 65.1 Å². The number of benzene rings is 4. The Balaban J connectivity index is 1.31. The van der Waals surface area contributed by atoms with Crippen molar-refractivity contribution in [2.75, 3.05) is 0 Å². The van der Waals surface area contributed by atoms with Crippen LogP contribution in [0.2, 0.25) is 15.1 Å². The summed E-state index contributed by atoms with van der Waals surface area (Å²) in [7, 11) is 0. The lowest BCUT2D eigenvalue weighted by atomic mass is 10.2. The Morgan fingerprint density at radius 3 is 2.28 bits per heavy atom. The molecule has 0 fully saturated rings. The number of rotatable bonds is 9. The van der Waals surface area contributed by atoms with Crippen molar-refractivity contribution in [3.63, 3.8) is 0 Å². The molecule has 1 N–H and O–H groups in total. The van der Waals surface area contributed by atoms with E-state index in [9.17, 15) is 4.79 Å². The van der Waals surface area contributed by atoms with Gasteiger partial charge in [0.15, 0.2) is 0 Å². The fourth-order valence-electron chi connectivity index (χ4n) is 3.19. The van der Waals surface area contributed by atoms with Crippen molar-refractivity contribution in [1.82, 2.24) is 5.43 Å². The first-order chi connectivity index (χ1) is 17.5. The van der Waals surface area contributed by atoms with Gasteiger partial charge >= 0.3 is 0 Å². The van der Waals surface area contributed by atoms with Gasteiger partial charge in [-0.2, -0.15) is 5.10 Å². The molecule has 36 heavy (non-hydrogen) atoms. The topological polar surface area (TPSA) is 59.9 Å². The number of carbonyl (C=O) groups excluding carboxylic acids is 1. The first kappa shape index (κ1) is 25.6. The Labute approximate surface area is 224 Å². The molecule has 0 heterocycles.